The summed E-state index contributed by atoms with van der Waals surface area (Å²) in [5, 5.41) is 13.9. The summed E-state index contributed by atoms with van der Waals surface area (Å²) in [6.45, 7) is 6.48. The van der Waals surface area contributed by atoms with E-state index in [0.29, 0.717) is 0 Å². The predicted molar refractivity (Wildman–Crippen MR) is 76.0 cm³/mol. The molecule has 0 fully saturated rings. The van der Waals surface area contributed by atoms with Gasteiger partial charge in [0.05, 0.1) is 6.04 Å². The van der Waals surface area contributed by atoms with E-state index in [9.17, 15) is 0 Å². The molecular weight excluding hydrogens is 242 g/mol. The first-order valence-electron chi connectivity index (χ1n) is 6.12. The molecule has 0 aliphatic rings. The van der Waals surface area contributed by atoms with Crippen molar-refractivity contribution in [1.82, 2.24) is 15.5 Å². The van der Waals surface area contributed by atoms with Crippen LogP contribution in [-0.2, 0) is 5.41 Å². The third-order valence-corrected chi connectivity index (χ3v) is 4.70. The van der Waals surface area contributed by atoms with Gasteiger partial charge in [0.2, 0.25) is 0 Å². The van der Waals surface area contributed by atoms with Gasteiger partial charge in [0.15, 0.2) is 0 Å². The van der Waals surface area contributed by atoms with E-state index in [1.54, 1.807) is 11.3 Å². The molecule has 4 heteroatoms. The summed E-state index contributed by atoms with van der Waals surface area (Å²) in [6.07, 6.45) is 0. The quantitative estimate of drug-likeness (QED) is 0.918. The second-order valence-corrected chi connectivity index (χ2v) is 5.96. The van der Waals surface area contributed by atoms with Gasteiger partial charge in [-0.05, 0) is 33.4 Å². The Kier molecular flexibility index (Phi) is 3.78. The summed E-state index contributed by atoms with van der Waals surface area (Å²) in [7, 11) is 1.94. The van der Waals surface area contributed by atoms with E-state index in [2.05, 4.69) is 60.6 Å². The van der Waals surface area contributed by atoms with Gasteiger partial charge in [-0.2, -0.15) is 0 Å². The van der Waals surface area contributed by atoms with Crippen molar-refractivity contribution in [2.45, 2.75) is 32.2 Å². The summed E-state index contributed by atoms with van der Waals surface area (Å²) in [4.78, 5) is 0. The van der Waals surface area contributed by atoms with Crippen molar-refractivity contribution in [2.75, 3.05) is 7.05 Å². The monoisotopic (exact) mass is 261 g/mol. The number of aromatic nitrogens is 2. The van der Waals surface area contributed by atoms with E-state index < -0.39 is 0 Å². The van der Waals surface area contributed by atoms with E-state index in [-0.39, 0.29) is 11.5 Å². The Hall–Kier alpha value is -1.26. The molecule has 0 bridgehead atoms. The Morgan fingerprint density at radius 3 is 2.44 bits per heavy atom. The van der Waals surface area contributed by atoms with Crippen molar-refractivity contribution < 1.29 is 0 Å². The molecule has 2 rings (SSSR count). The molecule has 0 aliphatic carbocycles. The standard InChI is InChI=1S/C14H19N3S/c1-10(15-4)12-16-17-13(18-12)14(2,3)11-8-6-5-7-9-11/h5-10,15H,1-4H3. The van der Waals surface area contributed by atoms with Gasteiger partial charge >= 0.3 is 0 Å². The normalized spacial score (nSPS) is 13.6. The lowest BCUT2D eigenvalue weighted by Crippen LogP contribution is -2.18. The van der Waals surface area contributed by atoms with Crippen LogP contribution in [0, 0.1) is 0 Å². The molecule has 1 atom stereocenters. The Morgan fingerprint density at radius 1 is 1.17 bits per heavy atom. The van der Waals surface area contributed by atoms with Crippen LogP contribution in [0.25, 0.3) is 0 Å². The Balaban J connectivity index is 2.33. The fourth-order valence-corrected chi connectivity index (χ4v) is 2.79. The van der Waals surface area contributed by atoms with E-state index in [1.165, 1.54) is 5.56 Å². The Labute approximate surface area is 112 Å². The maximum Gasteiger partial charge on any atom is 0.134 e. The van der Waals surface area contributed by atoms with Crippen molar-refractivity contribution in [3.8, 4) is 0 Å². The molecule has 3 nitrogen and oxygen atoms in total. The molecular formula is C14H19N3S. The van der Waals surface area contributed by atoms with Crippen molar-refractivity contribution in [3.63, 3.8) is 0 Å². The Morgan fingerprint density at radius 2 is 1.83 bits per heavy atom. The number of rotatable bonds is 4. The molecule has 0 saturated heterocycles. The minimum absolute atomic E-state index is 0.0926. The van der Waals surface area contributed by atoms with Crippen molar-refractivity contribution in [3.05, 3.63) is 45.9 Å². The molecule has 0 amide bonds. The first-order valence-corrected chi connectivity index (χ1v) is 6.94. The minimum atomic E-state index is -0.0926. The zero-order valence-electron chi connectivity index (χ0n) is 11.3. The molecule has 96 valence electrons. The second kappa shape index (κ2) is 5.16. The SMILES string of the molecule is CNC(C)c1nnc(C(C)(C)c2ccccc2)s1. The molecule has 0 spiro atoms. The summed E-state index contributed by atoms with van der Waals surface area (Å²) in [6, 6.07) is 10.7. The van der Waals surface area contributed by atoms with E-state index in [0.717, 1.165) is 10.0 Å². The van der Waals surface area contributed by atoms with Gasteiger partial charge in [0.25, 0.3) is 0 Å². The van der Waals surface area contributed by atoms with Crippen LogP contribution in [0.15, 0.2) is 30.3 Å². The molecule has 1 N–H and O–H groups in total. The summed E-state index contributed by atoms with van der Waals surface area (Å²) in [5.41, 5.74) is 1.18. The van der Waals surface area contributed by atoms with E-state index >= 15 is 0 Å². The van der Waals surface area contributed by atoms with Gasteiger partial charge < -0.3 is 5.32 Å². The van der Waals surface area contributed by atoms with Crippen LogP contribution in [0.5, 0.6) is 0 Å². The molecule has 1 aromatic heterocycles. The van der Waals surface area contributed by atoms with Crippen LogP contribution in [0.1, 0.15) is 42.4 Å². The highest BCUT2D eigenvalue weighted by Crippen LogP contribution is 2.34. The number of nitrogens with zero attached hydrogens (tertiary/aromatic N) is 2. The minimum Gasteiger partial charge on any atom is -0.311 e. The lowest BCUT2D eigenvalue weighted by molar-refractivity contribution is 0.616. The van der Waals surface area contributed by atoms with Gasteiger partial charge in [-0.1, -0.05) is 41.7 Å². The van der Waals surface area contributed by atoms with Gasteiger partial charge in [-0.25, -0.2) is 0 Å². The smallest absolute Gasteiger partial charge is 0.134 e. The molecule has 1 unspecified atom stereocenters. The molecule has 18 heavy (non-hydrogen) atoms. The molecule has 1 heterocycles. The van der Waals surface area contributed by atoms with Crippen molar-refractivity contribution in [2.24, 2.45) is 0 Å². The number of hydrogen-bond donors (Lipinski definition) is 1. The zero-order valence-corrected chi connectivity index (χ0v) is 12.1. The highest BCUT2D eigenvalue weighted by atomic mass is 32.1. The second-order valence-electron chi connectivity index (χ2n) is 4.95. The average Bonchev–Trinajstić information content (AvgIpc) is 2.89. The van der Waals surface area contributed by atoms with Crippen LogP contribution >= 0.6 is 11.3 Å². The van der Waals surface area contributed by atoms with Crippen LogP contribution in [0.2, 0.25) is 0 Å². The molecule has 0 radical (unpaired) electrons. The lowest BCUT2D eigenvalue weighted by Gasteiger charge is -2.21. The first kappa shape index (κ1) is 13.2. The van der Waals surface area contributed by atoms with Gasteiger partial charge in [-0.3, -0.25) is 0 Å². The maximum atomic E-state index is 4.36. The van der Waals surface area contributed by atoms with Gasteiger partial charge in [0, 0.05) is 5.41 Å². The fraction of sp³-hybridized carbons (Fsp3) is 0.429. The van der Waals surface area contributed by atoms with Crippen LogP contribution in [0.4, 0.5) is 0 Å². The van der Waals surface area contributed by atoms with Crippen LogP contribution < -0.4 is 5.32 Å². The highest BCUT2D eigenvalue weighted by Gasteiger charge is 2.27. The Bertz CT molecular complexity index is 505. The number of hydrogen-bond acceptors (Lipinski definition) is 4. The average molecular weight is 261 g/mol. The lowest BCUT2D eigenvalue weighted by atomic mass is 9.85. The van der Waals surface area contributed by atoms with E-state index in [4.69, 9.17) is 0 Å². The molecule has 0 aliphatic heterocycles. The van der Waals surface area contributed by atoms with Crippen molar-refractivity contribution in [1.29, 1.82) is 0 Å². The largest absolute Gasteiger partial charge is 0.311 e. The number of nitrogens with one attached hydrogen (secondary N) is 1. The zero-order chi connectivity index (χ0) is 13.2. The van der Waals surface area contributed by atoms with E-state index in [1.807, 2.05) is 13.1 Å². The predicted octanol–water partition coefficient (Wildman–Crippen LogP) is 3.14. The third-order valence-electron chi connectivity index (χ3n) is 3.27. The topological polar surface area (TPSA) is 37.8 Å². The third kappa shape index (κ3) is 2.44. The van der Waals surface area contributed by atoms with Gasteiger partial charge in [0.1, 0.15) is 10.0 Å². The van der Waals surface area contributed by atoms with Crippen molar-refractivity contribution >= 4 is 11.3 Å². The maximum absolute atomic E-state index is 4.36. The van der Waals surface area contributed by atoms with Gasteiger partial charge in [-0.15, -0.1) is 10.2 Å². The summed E-state index contributed by atoms with van der Waals surface area (Å²) in [5.74, 6) is 0. The fourth-order valence-electron chi connectivity index (χ4n) is 1.76. The molecule has 1 aromatic carbocycles. The molecule has 2 aromatic rings. The molecule has 0 saturated carbocycles. The highest BCUT2D eigenvalue weighted by molar-refractivity contribution is 7.11. The summed E-state index contributed by atoms with van der Waals surface area (Å²) >= 11 is 1.68. The first-order chi connectivity index (χ1) is 8.55. The van der Waals surface area contributed by atoms with Crippen LogP contribution in [-0.4, -0.2) is 17.2 Å². The summed E-state index contributed by atoms with van der Waals surface area (Å²) < 4.78 is 0. The number of benzene rings is 1. The van der Waals surface area contributed by atoms with Crippen LogP contribution in [0.3, 0.4) is 0 Å².